The fourth-order valence-electron chi connectivity index (χ4n) is 0.587. The number of thioether (sulfide) groups is 1. The molecule has 0 aliphatic rings. The normalized spacial score (nSPS) is 16.0. The Kier molecular flexibility index (Phi) is 4.91. The minimum Gasteiger partial charge on any atom is -0.468 e. The van der Waals surface area contributed by atoms with Crippen LogP contribution in [-0.4, -0.2) is 30.0 Å². The molecule has 2 unspecified atom stereocenters. The summed E-state index contributed by atoms with van der Waals surface area (Å²) in [6.07, 6.45) is 1.83. The lowest BCUT2D eigenvalue weighted by molar-refractivity contribution is -0.139. The second-order valence-electron chi connectivity index (χ2n) is 1.86. The zero-order chi connectivity index (χ0) is 8.15. The van der Waals surface area contributed by atoms with Crippen molar-refractivity contribution in [3.05, 3.63) is 0 Å². The molecule has 0 aliphatic carbocycles. The molecule has 10 heavy (non-hydrogen) atoms. The van der Waals surface area contributed by atoms with Crippen LogP contribution in [0.3, 0.4) is 0 Å². The molecule has 0 aromatic carbocycles. The third-order valence-corrected chi connectivity index (χ3v) is 2.61. The van der Waals surface area contributed by atoms with Crippen molar-refractivity contribution in [2.24, 2.45) is 0 Å². The maximum Gasteiger partial charge on any atom is 0.320 e. The van der Waals surface area contributed by atoms with E-state index in [1.807, 2.05) is 6.26 Å². The van der Waals surface area contributed by atoms with E-state index in [9.17, 15) is 4.79 Å². The van der Waals surface area contributed by atoms with Crippen LogP contribution in [0, 0.1) is 0 Å². The molecule has 0 N–H and O–H groups in total. The average molecular weight is 183 g/mol. The first-order valence-corrected chi connectivity index (χ1v) is 4.60. The fraction of sp³-hybridized carbons (Fsp3) is 0.833. The molecule has 0 spiro atoms. The van der Waals surface area contributed by atoms with Crippen molar-refractivity contribution in [3.8, 4) is 0 Å². The van der Waals surface area contributed by atoms with E-state index in [4.69, 9.17) is 11.6 Å². The Labute approximate surface area is 70.3 Å². The summed E-state index contributed by atoms with van der Waals surface area (Å²) in [4.78, 5) is 10.9. The van der Waals surface area contributed by atoms with Gasteiger partial charge in [0.25, 0.3) is 0 Å². The van der Waals surface area contributed by atoms with Crippen LogP contribution < -0.4 is 0 Å². The van der Waals surface area contributed by atoms with Crippen LogP contribution in [0.25, 0.3) is 0 Å². The van der Waals surface area contributed by atoms with Crippen LogP contribution in [0.5, 0.6) is 0 Å². The van der Waals surface area contributed by atoms with E-state index in [-0.39, 0.29) is 16.6 Å². The van der Waals surface area contributed by atoms with Crippen molar-refractivity contribution in [1.82, 2.24) is 0 Å². The summed E-state index contributed by atoms with van der Waals surface area (Å²) in [5.74, 6) is -0.255. The Balaban J connectivity index is 3.93. The molecule has 0 heterocycles. The molecule has 2 nitrogen and oxygen atoms in total. The van der Waals surface area contributed by atoms with Gasteiger partial charge in [-0.15, -0.1) is 23.4 Å². The number of alkyl halides is 1. The summed E-state index contributed by atoms with van der Waals surface area (Å²) >= 11 is 7.10. The molecule has 0 saturated heterocycles. The molecule has 0 bridgehead atoms. The minimum absolute atomic E-state index is 0.178. The van der Waals surface area contributed by atoms with E-state index in [1.54, 1.807) is 6.92 Å². The molecule has 60 valence electrons. The van der Waals surface area contributed by atoms with Gasteiger partial charge in [0.15, 0.2) is 0 Å². The number of hydrogen-bond acceptors (Lipinski definition) is 3. The summed E-state index contributed by atoms with van der Waals surface area (Å²) in [7, 11) is 1.37. The van der Waals surface area contributed by atoms with Gasteiger partial charge in [0.2, 0.25) is 0 Å². The van der Waals surface area contributed by atoms with E-state index < -0.39 is 0 Å². The zero-order valence-corrected chi connectivity index (χ0v) is 7.83. The first-order valence-electron chi connectivity index (χ1n) is 2.88. The van der Waals surface area contributed by atoms with Crippen LogP contribution >= 0.6 is 23.4 Å². The predicted molar refractivity (Wildman–Crippen MR) is 44.6 cm³/mol. The van der Waals surface area contributed by atoms with Gasteiger partial charge in [-0.1, -0.05) is 0 Å². The highest BCUT2D eigenvalue weighted by atomic mass is 35.5. The quantitative estimate of drug-likeness (QED) is 0.489. The molecule has 0 fully saturated rings. The van der Waals surface area contributed by atoms with Crippen LogP contribution in [0.2, 0.25) is 0 Å². The molecule has 0 rings (SSSR count). The Morgan fingerprint density at radius 2 is 2.20 bits per heavy atom. The number of ether oxygens (including phenoxy) is 1. The van der Waals surface area contributed by atoms with Gasteiger partial charge in [-0.05, 0) is 13.2 Å². The highest BCUT2D eigenvalue weighted by Gasteiger charge is 2.22. The first kappa shape index (κ1) is 10.1. The Hall–Kier alpha value is 0.110. The average Bonchev–Trinajstić information content (AvgIpc) is 1.88. The number of rotatable bonds is 3. The number of halogens is 1. The third kappa shape index (κ3) is 2.80. The van der Waals surface area contributed by atoms with Crippen molar-refractivity contribution in [3.63, 3.8) is 0 Å². The molecule has 0 amide bonds. The number of esters is 1. The van der Waals surface area contributed by atoms with Gasteiger partial charge in [0.1, 0.15) is 5.25 Å². The van der Waals surface area contributed by atoms with E-state index in [0.29, 0.717) is 0 Å². The molecule has 0 aromatic heterocycles. The van der Waals surface area contributed by atoms with Gasteiger partial charge in [0.05, 0.1) is 12.5 Å². The van der Waals surface area contributed by atoms with Crippen LogP contribution in [0.4, 0.5) is 0 Å². The highest BCUT2D eigenvalue weighted by Crippen LogP contribution is 2.16. The summed E-state index contributed by atoms with van der Waals surface area (Å²) in [6.45, 7) is 1.78. The second kappa shape index (κ2) is 4.85. The Morgan fingerprint density at radius 1 is 1.70 bits per heavy atom. The number of carbonyl (C=O) groups excluding carboxylic acids is 1. The summed E-state index contributed by atoms with van der Waals surface area (Å²) in [6, 6.07) is 0. The lowest BCUT2D eigenvalue weighted by Gasteiger charge is -2.12. The molecule has 0 aliphatic heterocycles. The molecule has 2 atom stereocenters. The summed E-state index contributed by atoms with van der Waals surface area (Å²) < 4.78 is 4.52. The highest BCUT2D eigenvalue weighted by molar-refractivity contribution is 8.00. The standard InChI is InChI=1S/C6H11ClO2S/c1-4(7)5(10-3)6(8)9-2/h4-5H,1-3H3. The van der Waals surface area contributed by atoms with Gasteiger partial charge >= 0.3 is 5.97 Å². The van der Waals surface area contributed by atoms with Crippen molar-refractivity contribution in [2.45, 2.75) is 17.6 Å². The maximum atomic E-state index is 10.9. The summed E-state index contributed by atoms with van der Waals surface area (Å²) in [5.41, 5.74) is 0. The molecular formula is C6H11ClO2S. The largest absolute Gasteiger partial charge is 0.468 e. The van der Waals surface area contributed by atoms with E-state index in [1.165, 1.54) is 18.9 Å². The van der Waals surface area contributed by atoms with E-state index in [2.05, 4.69) is 4.74 Å². The summed E-state index contributed by atoms with van der Waals surface area (Å²) in [5, 5.41) is -0.422. The third-order valence-electron chi connectivity index (χ3n) is 1.10. The van der Waals surface area contributed by atoms with Crippen molar-refractivity contribution < 1.29 is 9.53 Å². The number of hydrogen-bond donors (Lipinski definition) is 0. The lowest BCUT2D eigenvalue weighted by atomic mass is 10.3. The SMILES string of the molecule is COC(=O)C(SC)C(C)Cl. The fourth-order valence-corrected chi connectivity index (χ4v) is 1.66. The van der Waals surface area contributed by atoms with Crippen molar-refractivity contribution >= 4 is 29.3 Å². The molecule has 0 aromatic rings. The maximum absolute atomic E-state index is 10.9. The smallest absolute Gasteiger partial charge is 0.320 e. The molecule has 0 saturated carbocycles. The first-order chi connectivity index (χ1) is 4.63. The number of methoxy groups -OCH3 is 1. The monoisotopic (exact) mass is 182 g/mol. The minimum atomic E-state index is -0.255. The van der Waals surface area contributed by atoms with Gasteiger partial charge < -0.3 is 4.74 Å². The van der Waals surface area contributed by atoms with Gasteiger partial charge in [-0.3, -0.25) is 4.79 Å². The van der Waals surface area contributed by atoms with Gasteiger partial charge in [-0.2, -0.15) is 0 Å². The zero-order valence-electron chi connectivity index (χ0n) is 6.26. The van der Waals surface area contributed by atoms with Crippen molar-refractivity contribution in [2.75, 3.05) is 13.4 Å². The van der Waals surface area contributed by atoms with Crippen LogP contribution in [-0.2, 0) is 9.53 Å². The van der Waals surface area contributed by atoms with Gasteiger partial charge in [-0.25, -0.2) is 0 Å². The van der Waals surface area contributed by atoms with Crippen LogP contribution in [0.1, 0.15) is 6.92 Å². The molecule has 4 heteroatoms. The lowest BCUT2D eigenvalue weighted by Crippen LogP contribution is -2.26. The Morgan fingerprint density at radius 3 is 2.30 bits per heavy atom. The topological polar surface area (TPSA) is 26.3 Å². The van der Waals surface area contributed by atoms with E-state index >= 15 is 0 Å². The predicted octanol–water partition coefficient (Wildman–Crippen LogP) is 1.52. The Bertz CT molecular complexity index is 116. The van der Waals surface area contributed by atoms with Crippen LogP contribution in [0.15, 0.2) is 0 Å². The van der Waals surface area contributed by atoms with E-state index in [0.717, 1.165) is 0 Å². The van der Waals surface area contributed by atoms with Crippen molar-refractivity contribution in [1.29, 1.82) is 0 Å². The second-order valence-corrected chi connectivity index (χ2v) is 3.52. The molecular weight excluding hydrogens is 172 g/mol. The van der Waals surface area contributed by atoms with Gasteiger partial charge in [0, 0.05) is 0 Å². The molecule has 0 radical (unpaired) electrons. The number of carbonyl (C=O) groups is 1.